The van der Waals surface area contributed by atoms with Crippen molar-refractivity contribution >= 4 is 0 Å². The third kappa shape index (κ3) is 2.99. The Morgan fingerprint density at radius 1 is 0.850 bits per heavy atom. The van der Waals surface area contributed by atoms with E-state index in [4.69, 9.17) is 0 Å². The van der Waals surface area contributed by atoms with Crippen molar-refractivity contribution < 1.29 is 17.6 Å². The molecule has 0 radical (unpaired) electrons. The predicted molar refractivity (Wildman–Crippen MR) is 69.1 cm³/mol. The summed E-state index contributed by atoms with van der Waals surface area (Å²) in [6.45, 7) is 2.97. The number of benzene rings is 2. The van der Waals surface area contributed by atoms with Crippen molar-refractivity contribution in [1.82, 2.24) is 5.32 Å². The van der Waals surface area contributed by atoms with E-state index < -0.39 is 23.3 Å². The van der Waals surface area contributed by atoms with Crippen LogP contribution in [0.5, 0.6) is 0 Å². The predicted octanol–water partition coefficient (Wildman–Crippen LogP) is 4.02. The molecule has 5 heteroatoms. The molecule has 1 N–H and O–H groups in total. The summed E-state index contributed by atoms with van der Waals surface area (Å²) in [5, 5.41) is 2.98. The average molecular weight is 283 g/mol. The second-order valence-electron chi connectivity index (χ2n) is 4.34. The van der Waals surface area contributed by atoms with E-state index in [0.717, 1.165) is 12.1 Å². The highest BCUT2D eigenvalue weighted by molar-refractivity contribution is 5.64. The SMILES string of the molecule is CCNCc1ccc(-c2cc(F)c(F)c(F)c2)cc1F. The third-order valence-electron chi connectivity index (χ3n) is 2.94. The van der Waals surface area contributed by atoms with E-state index in [1.165, 1.54) is 12.1 Å². The molecule has 0 aliphatic heterocycles. The van der Waals surface area contributed by atoms with Crippen molar-refractivity contribution in [1.29, 1.82) is 0 Å². The van der Waals surface area contributed by atoms with Gasteiger partial charge in [0.1, 0.15) is 5.82 Å². The molecule has 20 heavy (non-hydrogen) atoms. The number of nitrogens with one attached hydrogen (secondary N) is 1. The number of rotatable bonds is 4. The molecule has 0 fully saturated rings. The molecule has 0 aliphatic carbocycles. The Morgan fingerprint density at radius 2 is 1.45 bits per heavy atom. The largest absolute Gasteiger partial charge is 0.313 e. The van der Waals surface area contributed by atoms with E-state index >= 15 is 0 Å². The van der Waals surface area contributed by atoms with Crippen molar-refractivity contribution in [3.8, 4) is 11.1 Å². The monoisotopic (exact) mass is 283 g/mol. The van der Waals surface area contributed by atoms with Crippen LogP contribution >= 0.6 is 0 Å². The Balaban J connectivity index is 2.36. The second-order valence-corrected chi connectivity index (χ2v) is 4.34. The van der Waals surface area contributed by atoms with E-state index in [-0.39, 0.29) is 5.56 Å². The quantitative estimate of drug-likeness (QED) is 0.660. The first-order valence-electron chi connectivity index (χ1n) is 6.17. The highest BCUT2D eigenvalue weighted by Gasteiger charge is 2.12. The maximum absolute atomic E-state index is 13.8. The number of halogens is 4. The summed E-state index contributed by atoms with van der Waals surface area (Å²) in [6, 6.07) is 5.95. The van der Waals surface area contributed by atoms with Gasteiger partial charge in [0.2, 0.25) is 0 Å². The van der Waals surface area contributed by atoms with Crippen molar-refractivity contribution in [2.45, 2.75) is 13.5 Å². The van der Waals surface area contributed by atoms with Crippen molar-refractivity contribution in [3.63, 3.8) is 0 Å². The fourth-order valence-electron chi connectivity index (χ4n) is 1.85. The van der Waals surface area contributed by atoms with Crippen LogP contribution in [-0.4, -0.2) is 6.54 Å². The maximum Gasteiger partial charge on any atom is 0.194 e. The standard InChI is InChI=1S/C15H13F4N/c1-2-20-8-10-4-3-9(5-12(10)16)11-6-13(17)15(19)14(18)7-11/h3-7,20H,2,8H2,1H3. The van der Waals surface area contributed by atoms with Gasteiger partial charge in [0.05, 0.1) is 0 Å². The van der Waals surface area contributed by atoms with Gasteiger partial charge < -0.3 is 5.32 Å². The normalized spacial score (nSPS) is 10.8. The van der Waals surface area contributed by atoms with E-state index in [0.29, 0.717) is 24.2 Å². The van der Waals surface area contributed by atoms with Gasteiger partial charge in [0.15, 0.2) is 17.5 Å². The Morgan fingerprint density at radius 3 is 2.00 bits per heavy atom. The Bertz CT molecular complexity index is 602. The number of hydrogen-bond donors (Lipinski definition) is 1. The van der Waals surface area contributed by atoms with Gasteiger partial charge in [-0.1, -0.05) is 19.1 Å². The lowest BCUT2D eigenvalue weighted by molar-refractivity contribution is 0.447. The van der Waals surface area contributed by atoms with E-state index in [1.54, 1.807) is 6.07 Å². The fourth-order valence-corrected chi connectivity index (χ4v) is 1.85. The molecule has 106 valence electrons. The second kappa shape index (κ2) is 6.05. The molecule has 2 aromatic carbocycles. The van der Waals surface area contributed by atoms with Crippen LogP contribution in [0.4, 0.5) is 17.6 Å². The van der Waals surface area contributed by atoms with Crippen LogP contribution in [-0.2, 0) is 6.54 Å². The Labute approximate surface area is 114 Å². The first kappa shape index (κ1) is 14.5. The summed E-state index contributed by atoms with van der Waals surface area (Å²) in [5.41, 5.74) is 0.842. The first-order chi connectivity index (χ1) is 9.52. The molecule has 0 aromatic heterocycles. The van der Waals surface area contributed by atoms with Crippen molar-refractivity contribution in [3.05, 3.63) is 59.2 Å². The highest BCUT2D eigenvalue weighted by Crippen LogP contribution is 2.25. The maximum atomic E-state index is 13.8. The molecule has 0 spiro atoms. The minimum atomic E-state index is -1.53. The molecular formula is C15H13F4N. The molecule has 0 saturated heterocycles. The van der Waals surface area contributed by atoms with Crippen LogP contribution in [0.25, 0.3) is 11.1 Å². The highest BCUT2D eigenvalue weighted by atomic mass is 19.2. The van der Waals surface area contributed by atoms with E-state index in [9.17, 15) is 17.6 Å². The zero-order valence-corrected chi connectivity index (χ0v) is 10.8. The zero-order chi connectivity index (χ0) is 14.7. The third-order valence-corrected chi connectivity index (χ3v) is 2.94. The molecule has 0 amide bonds. The van der Waals surface area contributed by atoms with Crippen molar-refractivity contribution in [2.24, 2.45) is 0 Å². The lowest BCUT2D eigenvalue weighted by atomic mass is 10.0. The number of hydrogen-bond acceptors (Lipinski definition) is 1. The summed E-state index contributed by atoms with van der Waals surface area (Å²) >= 11 is 0. The van der Waals surface area contributed by atoms with Crippen LogP contribution in [0, 0.1) is 23.3 Å². The van der Waals surface area contributed by atoms with Crippen LogP contribution in [0.3, 0.4) is 0 Å². The zero-order valence-electron chi connectivity index (χ0n) is 10.8. The molecule has 0 atom stereocenters. The van der Waals surface area contributed by atoms with Gasteiger partial charge in [-0.05, 0) is 35.9 Å². The summed E-state index contributed by atoms with van der Waals surface area (Å²) in [7, 11) is 0. The molecule has 2 aromatic rings. The lowest BCUT2D eigenvalue weighted by Gasteiger charge is -2.08. The summed E-state index contributed by atoms with van der Waals surface area (Å²) in [4.78, 5) is 0. The van der Waals surface area contributed by atoms with Crippen LogP contribution in [0.15, 0.2) is 30.3 Å². The lowest BCUT2D eigenvalue weighted by Crippen LogP contribution is -2.12. The minimum absolute atomic E-state index is 0.0929. The Hall–Kier alpha value is -1.88. The molecule has 0 heterocycles. The molecule has 1 nitrogen and oxygen atoms in total. The van der Waals surface area contributed by atoms with Crippen molar-refractivity contribution in [2.75, 3.05) is 6.54 Å². The van der Waals surface area contributed by atoms with Crippen LogP contribution in [0.1, 0.15) is 12.5 Å². The molecule has 0 saturated carbocycles. The van der Waals surface area contributed by atoms with Gasteiger partial charge >= 0.3 is 0 Å². The van der Waals surface area contributed by atoms with Gasteiger partial charge in [0.25, 0.3) is 0 Å². The smallest absolute Gasteiger partial charge is 0.194 e. The first-order valence-corrected chi connectivity index (χ1v) is 6.17. The van der Waals surface area contributed by atoms with Gasteiger partial charge in [0, 0.05) is 12.1 Å². The van der Waals surface area contributed by atoms with Gasteiger partial charge in [-0.2, -0.15) is 0 Å². The molecule has 2 rings (SSSR count). The van der Waals surface area contributed by atoms with E-state index in [2.05, 4.69) is 5.32 Å². The van der Waals surface area contributed by atoms with Gasteiger partial charge in [-0.15, -0.1) is 0 Å². The topological polar surface area (TPSA) is 12.0 Å². The molecule has 0 bridgehead atoms. The molecule has 0 aliphatic rings. The van der Waals surface area contributed by atoms with Crippen LogP contribution < -0.4 is 5.32 Å². The fraction of sp³-hybridized carbons (Fsp3) is 0.200. The van der Waals surface area contributed by atoms with Gasteiger partial charge in [-0.25, -0.2) is 17.6 Å². The Kier molecular flexibility index (Phi) is 4.39. The van der Waals surface area contributed by atoms with Crippen LogP contribution in [0.2, 0.25) is 0 Å². The van der Waals surface area contributed by atoms with E-state index in [1.807, 2.05) is 6.92 Å². The average Bonchev–Trinajstić information content (AvgIpc) is 2.43. The molecule has 0 unspecified atom stereocenters. The minimum Gasteiger partial charge on any atom is -0.313 e. The summed E-state index contributed by atoms with van der Waals surface area (Å²) in [5.74, 6) is -4.60. The molecular weight excluding hydrogens is 270 g/mol. The summed E-state index contributed by atoms with van der Waals surface area (Å²) in [6.07, 6.45) is 0. The summed E-state index contributed by atoms with van der Waals surface area (Å²) < 4.78 is 53.0. The van der Waals surface area contributed by atoms with Gasteiger partial charge in [-0.3, -0.25) is 0 Å².